The van der Waals surface area contributed by atoms with Crippen molar-refractivity contribution in [2.45, 2.75) is 99.4 Å². The molecule has 2 aromatic rings. The summed E-state index contributed by atoms with van der Waals surface area (Å²) in [5.41, 5.74) is -0.498. The minimum Gasteiger partial charge on any atom is -0.504 e. The maximum absolute atomic E-state index is 13.7. The molecular weight excluding hydrogens is 852 g/mol. The van der Waals surface area contributed by atoms with Crippen molar-refractivity contribution in [3.63, 3.8) is 0 Å². The van der Waals surface area contributed by atoms with Gasteiger partial charge in [-0.1, -0.05) is 12.1 Å². The van der Waals surface area contributed by atoms with Gasteiger partial charge in [-0.15, -0.1) is 0 Å². The molecule has 4 heterocycles. The molecule has 348 valence electrons. The van der Waals surface area contributed by atoms with Gasteiger partial charge in [-0.2, -0.15) is 0 Å². The highest BCUT2D eigenvalue weighted by Gasteiger charge is 2.77. The van der Waals surface area contributed by atoms with Crippen LogP contribution in [0.1, 0.15) is 25.0 Å². The largest absolute Gasteiger partial charge is 0.504 e. The lowest BCUT2D eigenvalue weighted by molar-refractivity contribution is -0.347. The number of carbonyl (C=O) groups excluding carboxylic acids is 3. The minimum atomic E-state index is -1.78. The monoisotopic (exact) mass is 902 g/mol. The van der Waals surface area contributed by atoms with E-state index < -0.39 is 128 Å². The molecule has 21 nitrogen and oxygen atoms in total. The second-order valence-corrected chi connectivity index (χ2v) is 15.6. The fraction of sp³-hybridized carbons (Fsp3) is 0.512. The number of phenols is 2. The summed E-state index contributed by atoms with van der Waals surface area (Å²) in [5.74, 6) is -4.35. The average molecular weight is 903 g/mol. The van der Waals surface area contributed by atoms with Crippen molar-refractivity contribution in [2.75, 3.05) is 27.4 Å². The van der Waals surface area contributed by atoms with Crippen LogP contribution < -0.4 is 9.47 Å². The first-order valence-corrected chi connectivity index (χ1v) is 20.2. The van der Waals surface area contributed by atoms with Crippen LogP contribution in [0.4, 0.5) is 0 Å². The maximum Gasteiger partial charge on any atom is 0.331 e. The summed E-state index contributed by atoms with van der Waals surface area (Å²) in [7, 11) is 2.71. The Labute approximate surface area is 365 Å². The van der Waals surface area contributed by atoms with Crippen LogP contribution in [0, 0.1) is 11.8 Å². The SMILES string of the molecule is COc1cc(/C=C/C(=O)O[C@H]2[C@H](OC(=O)/C=C/c3ccc(O)c(OC)c3)[C@H](O[C@H]3C4C=COC(O[C@@H]5O[C@H](CO)[C@@H](O)[C@H](O)[C@H]5O)C4[C@@]4(CO)O[C@@H]34)O[C@H](C)[C@@H]2OC(C)=O)ccc1O. The van der Waals surface area contributed by atoms with Gasteiger partial charge < -0.3 is 87.9 Å². The molecule has 21 heteroatoms. The molecule has 0 radical (unpaired) electrons. The number of hydrogen-bond donors (Lipinski definition) is 7. The molecule has 0 aromatic heterocycles. The first-order chi connectivity index (χ1) is 30.6. The molecule has 4 aliphatic heterocycles. The Bertz CT molecular complexity index is 2100. The number of phenolic OH excluding ortho intramolecular Hbond substituents is 2. The highest BCUT2D eigenvalue weighted by atomic mass is 16.8. The number of aliphatic hydroxyl groups is 5. The third kappa shape index (κ3) is 9.40. The normalized spacial score (nSPS) is 36.4. The quantitative estimate of drug-likeness (QED) is 0.0527. The van der Waals surface area contributed by atoms with Gasteiger partial charge in [0.05, 0.1) is 51.8 Å². The first kappa shape index (κ1) is 46.7. The van der Waals surface area contributed by atoms with E-state index in [9.17, 15) is 50.1 Å². The Morgan fingerprint density at radius 1 is 0.734 bits per heavy atom. The molecule has 4 fully saturated rings. The molecule has 64 heavy (non-hydrogen) atoms. The lowest BCUT2D eigenvalue weighted by Crippen LogP contribution is -2.62. The van der Waals surface area contributed by atoms with E-state index in [1.807, 2.05) is 0 Å². The Balaban J connectivity index is 1.18. The lowest BCUT2D eigenvalue weighted by atomic mass is 9.85. The lowest BCUT2D eigenvalue weighted by Gasteiger charge is -2.45. The highest BCUT2D eigenvalue weighted by molar-refractivity contribution is 5.88. The van der Waals surface area contributed by atoms with Crippen LogP contribution in [-0.4, -0.2) is 167 Å². The molecular formula is C43H50O21. The molecule has 1 saturated carbocycles. The smallest absolute Gasteiger partial charge is 0.331 e. The number of epoxide rings is 1. The zero-order chi connectivity index (χ0) is 46.0. The van der Waals surface area contributed by atoms with E-state index in [1.54, 1.807) is 6.08 Å². The number of benzene rings is 2. The molecule has 16 atom stereocenters. The zero-order valence-electron chi connectivity index (χ0n) is 34.8. The van der Waals surface area contributed by atoms with E-state index >= 15 is 0 Å². The predicted molar refractivity (Wildman–Crippen MR) is 212 cm³/mol. The molecule has 0 amide bonds. The van der Waals surface area contributed by atoms with E-state index in [-0.39, 0.29) is 23.0 Å². The molecule has 0 bridgehead atoms. The number of aromatic hydroxyl groups is 2. The molecule has 7 N–H and O–H groups in total. The molecule has 2 aromatic carbocycles. The van der Waals surface area contributed by atoms with Gasteiger partial charge in [0.15, 0.2) is 53.9 Å². The van der Waals surface area contributed by atoms with Crippen molar-refractivity contribution < 1.29 is 102 Å². The van der Waals surface area contributed by atoms with Gasteiger partial charge in [-0.25, -0.2) is 9.59 Å². The van der Waals surface area contributed by atoms with Crippen molar-refractivity contribution in [3.05, 3.63) is 72.0 Å². The summed E-state index contributed by atoms with van der Waals surface area (Å²) < 4.78 is 64.0. The fourth-order valence-electron chi connectivity index (χ4n) is 8.43. The summed E-state index contributed by atoms with van der Waals surface area (Å²) >= 11 is 0. The van der Waals surface area contributed by atoms with Gasteiger partial charge in [0, 0.05) is 25.0 Å². The van der Waals surface area contributed by atoms with Gasteiger partial charge in [0.25, 0.3) is 0 Å². The van der Waals surface area contributed by atoms with Gasteiger partial charge >= 0.3 is 17.9 Å². The van der Waals surface area contributed by atoms with Crippen LogP contribution in [-0.2, 0) is 57.0 Å². The van der Waals surface area contributed by atoms with Crippen molar-refractivity contribution in [1.29, 1.82) is 0 Å². The van der Waals surface area contributed by atoms with Gasteiger partial charge in [0.1, 0.15) is 36.1 Å². The summed E-state index contributed by atoms with van der Waals surface area (Å²) in [4.78, 5) is 39.8. The number of rotatable bonds is 15. The third-order valence-electron chi connectivity index (χ3n) is 11.7. The Hall–Kier alpha value is -5.33. The molecule has 7 rings (SSSR count). The van der Waals surface area contributed by atoms with E-state index in [0.717, 1.165) is 19.1 Å². The van der Waals surface area contributed by atoms with Crippen molar-refractivity contribution >= 4 is 30.1 Å². The number of carbonyl (C=O) groups is 3. The van der Waals surface area contributed by atoms with E-state index in [4.69, 9.17) is 52.1 Å². The molecule has 5 aliphatic rings. The second kappa shape index (κ2) is 19.4. The second-order valence-electron chi connectivity index (χ2n) is 15.6. The number of fused-ring (bicyclic) bond motifs is 3. The molecule has 0 spiro atoms. The summed E-state index contributed by atoms with van der Waals surface area (Å²) in [5, 5.41) is 71.9. The number of hydrogen-bond acceptors (Lipinski definition) is 21. The number of esters is 3. The number of aliphatic hydroxyl groups excluding tert-OH is 5. The van der Waals surface area contributed by atoms with Crippen LogP contribution in [0.5, 0.6) is 23.0 Å². The maximum atomic E-state index is 13.7. The van der Waals surface area contributed by atoms with Crippen LogP contribution >= 0.6 is 0 Å². The standard InChI is InChI=1S/C43H50O21/c1-19-35(58-20(2)46)37(60-29(49)11-7-21-5-9-24(47)26(15-21)54-3)38(61-30(50)12-8-22-6-10-25(48)27(16-22)55-4)42(57-19)62-36-23-13-14-56-40(31(23)43(18-45)39(36)64-43)63-41-34(53)33(52)32(51)28(17-44)59-41/h5-16,19,23,28,31-42,44-45,47-48,51-53H,17-18H2,1-4H3/b11-7+,12-8+/t19-,23?,28-,31?,32-,33+,34-,35+,36+,37-,38+,39+,40?,41+,42+,43-/m1/s1. The number of methoxy groups -OCH3 is 2. The Morgan fingerprint density at radius 2 is 1.34 bits per heavy atom. The van der Waals surface area contributed by atoms with Gasteiger partial charge in [0.2, 0.25) is 6.29 Å². The minimum absolute atomic E-state index is 0.132. The Kier molecular flexibility index (Phi) is 14.2. The average Bonchev–Trinajstić information content (AvgIpc) is 3.95. The zero-order valence-corrected chi connectivity index (χ0v) is 34.8. The Morgan fingerprint density at radius 3 is 1.91 bits per heavy atom. The summed E-state index contributed by atoms with van der Waals surface area (Å²) in [6.07, 6.45) is -10.8. The van der Waals surface area contributed by atoms with E-state index in [2.05, 4.69) is 0 Å². The molecule has 3 saturated heterocycles. The van der Waals surface area contributed by atoms with Crippen molar-refractivity contribution in [3.8, 4) is 23.0 Å². The van der Waals surface area contributed by atoms with Crippen LogP contribution in [0.3, 0.4) is 0 Å². The van der Waals surface area contributed by atoms with E-state index in [0.29, 0.717) is 11.1 Å². The van der Waals surface area contributed by atoms with E-state index in [1.165, 1.54) is 76.0 Å². The highest BCUT2D eigenvalue weighted by Crippen LogP contribution is 2.61. The molecule has 1 aliphatic carbocycles. The first-order valence-electron chi connectivity index (χ1n) is 20.2. The van der Waals surface area contributed by atoms with Crippen molar-refractivity contribution in [1.82, 2.24) is 0 Å². The summed E-state index contributed by atoms with van der Waals surface area (Å²) in [6, 6.07) is 8.66. The molecule has 3 unspecified atom stereocenters. The number of ether oxygens (including phenoxy) is 11. The fourth-order valence-corrected chi connectivity index (χ4v) is 8.43. The van der Waals surface area contributed by atoms with Gasteiger partial charge in [-0.05, 0) is 60.5 Å². The van der Waals surface area contributed by atoms with Gasteiger partial charge in [-0.3, -0.25) is 4.79 Å². The predicted octanol–water partition coefficient (Wildman–Crippen LogP) is -0.211. The van der Waals surface area contributed by atoms with Crippen LogP contribution in [0.2, 0.25) is 0 Å². The van der Waals surface area contributed by atoms with Crippen LogP contribution in [0.15, 0.2) is 60.9 Å². The van der Waals surface area contributed by atoms with Crippen molar-refractivity contribution in [2.24, 2.45) is 11.8 Å². The summed E-state index contributed by atoms with van der Waals surface area (Å²) in [6.45, 7) is 1.35. The third-order valence-corrected chi connectivity index (χ3v) is 11.7. The van der Waals surface area contributed by atoms with Crippen LogP contribution in [0.25, 0.3) is 12.2 Å². The topological polar surface area (TPSA) is 298 Å².